The number of ether oxygens (including phenoxy) is 1. The molecule has 0 bridgehead atoms. The first-order valence-electron chi connectivity index (χ1n) is 7.44. The third-order valence-electron chi connectivity index (χ3n) is 2.55. The van der Waals surface area contributed by atoms with Crippen LogP contribution in [0.2, 0.25) is 0 Å². The standard InChI is InChI=1S/C14H31N3OS.HI/c1-4-6-11-18-12-10-17-14(15-5-2)16-9-7-8-13-19-3;/h4-13H2,1-3H3,(H2,15,16,17);1H. The Kier molecular flexibility index (Phi) is 21.8. The van der Waals surface area contributed by atoms with Gasteiger partial charge >= 0.3 is 0 Å². The molecule has 0 fully saturated rings. The second kappa shape index (κ2) is 19.3. The molecule has 0 aliphatic heterocycles. The molecule has 0 aromatic carbocycles. The summed E-state index contributed by atoms with van der Waals surface area (Å²) in [6.07, 6.45) is 6.87. The first kappa shape index (κ1) is 22.6. The molecule has 0 spiro atoms. The van der Waals surface area contributed by atoms with E-state index in [9.17, 15) is 0 Å². The average molecular weight is 417 g/mol. The van der Waals surface area contributed by atoms with E-state index in [1.165, 1.54) is 18.6 Å². The molecular weight excluding hydrogens is 385 g/mol. The van der Waals surface area contributed by atoms with Crippen molar-refractivity contribution in [1.82, 2.24) is 10.6 Å². The van der Waals surface area contributed by atoms with E-state index in [1.54, 1.807) is 0 Å². The summed E-state index contributed by atoms with van der Waals surface area (Å²) in [5.74, 6) is 2.14. The number of thioether (sulfide) groups is 1. The molecule has 0 atom stereocenters. The lowest BCUT2D eigenvalue weighted by molar-refractivity contribution is 0.136. The molecule has 6 heteroatoms. The van der Waals surface area contributed by atoms with Gasteiger partial charge in [-0.25, -0.2) is 0 Å². The van der Waals surface area contributed by atoms with Gasteiger partial charge in [-0.1, -0.05) is 13.3 Å². The van der Waals surface area contributed by atoms with Crippen molar-refractivity contribution in [1.29, 1.82) is 0 Å². The van der Waals surface area contributed by atoms with Crippen LogP contribution >= 0.6 is 35.7 Å². The fourth-order valence-corrected chi connectivity index (χ4v) is 1.97. The van der Waals surface area contributed by atoms with E-state index in [-0.39, 0.29) is 24.0 Å². The van der Waals surface area contributed by atoms with Crippen LogP contribution in [0, 0.1) is 0 Å². The van der Waals surface area contributed by atoms with Gasteiger partial charge in [0.05, 0.1) is 6.61 Å². The first-order valence-corrected chi connectivity index (χ1v) is 8.83. The fourth-order valence-electron chi connectivity index (χ4n) is 1.48. The van der Waals surface area contributed by atoms with Gasteiger partial charge in [-0.3, -0.25) is 4.99 Å². The van der Waals surface area contributed by atoms with Crippen molar-refractivity contribution >= 4 is 41.7 Å². The van der Waals surface area contributed by atoms with Crippen LogP contribution in [0.15, 0.2) is 4.99 Å². The topological polar surface area (TPSA) is 45.6 Å². The summed E-state index contributed by atoms with van der Waals surface area (Å²) < 4.78 is 5.51. The van der Waals surface area contributed by atoms with Gasteiger partial charge in [-0.2, -0.15) is 11.8 Å². The normalized spacial score (nSPS) is 11.1. The molecule has 0 heterocycles. The maximum atomic E-state index is 5.51. The Hall–Kier alpha value is 0.310. The van der Waals surface area contributed by atoms with Crippen molar-refractivity contribution in [2.24, 2.45) is 4.99 Å². The largest absolute Gasteiger partial charge is 0.380 e. The van der Waals surface area contributed by atoms with E-state index in [1.807, 2.05) is 11.8 Å². The van der Waals surface area contributed by atoms with Crippen LogP contribution in [-0.2, 0) is 4.74 Å². The van der Waals surface area contributed by atoms with Crippen molar-refractivity contribution in [3.05, 3.63) is 0 Å². The van der Waals surface area contributed by atoms with Gasteiger partial charge in [0, 0.05) is 26.2 Å². The Balaban J connectivity index is 0. The summed E-state index contributed by atoms with van der Waals surface area (Å²) in [6.45, 7) is 8.48. The monoisotopic (exact) mass is 417 g/mol. The number of aliphatic imine (C=N–C) groups is 1. The third kappa shape index (κ3) is 16.4. The van der Waals surface area contributed by atoms with E-state index in [2.05, 4.69) is 35.7 Å². The number of hydrogen-bond donors (Lipinski definition) is 2. The molecule has 0 saturated carbocycles. The van der Waals surface area contributed by atoms with Crippen molar-refractivity contribution in [2.45, 2.75) is 39.5 Å². The summed E-state index contributed by atoms with van der Waals surface area (Å²) in [5, 5.41) is 6.55. The van der Waals surface area contributed by atoms with Crippen LogP contribution in [0.1, 0.15) is 39.5 Å². The van der Waals surface area contributed by atoms with Crippen molar-refractivity contribution in [3.8, 4) is 0 Å². The van der Waals surface area contributed by atoms with Gasteiger partial charge in [-0.05, 0) is 38.2 Å². The molecule has 0 rings (SSSR count). The highest BCUT2D eigenvalue weighted by Crippen LogP contribution is 1.98. The highest BCUT2D eigenvalue weighted by Gasteiger charge is 1.96. The zero-order chi connectivity index (χ0) is 14.2. The molecule has 0 saturated heterocycles. The van der Waals surface area contributed by atoms with Gasteiger partial charge in [0.2, 0.25) is 0 Å². The Bertz CT molecular complexity index is 219. The molecule has 0 aliphatic carbocycles. The van der Waals surface area contributed by atoms with E-state index in [4.69, 9.17) is 4.74 Å². The highest BCUT2D eigenvalue weighted by molar-refractivity contribution is 14.0. The lowest BCUT2D eigenvalue weighted by Gasteiger charge is -2.11. The number of nitrogens with one attached hydrogen (secondary N) is 2. The minimum absolute atomic E-state index is 0. The summed E-state index contributed by atoms with van der Waals surface area (Å²) >= 11 is 1.90. The van der Waals surface area contributed by atoms with Crippen LogP contribution in [0.4, 0.5) is 0 Å². The fraction of sp³-hybridized carbons (Fsp3) is 0.929. The first-order chi connectivity index (χ1) is 9.35. The molecule has 0 radical (unpaired) electrons. The summed E-state index contributed by atoms with van der Waals surface area (Å²) in [4.78, 5) is 4.55. The minimum Gasteiger partial charge on any atom is -0.380 e. The second-order valence-electron chi connectivity index (χ2n) is 4.35. The van der Waals surface area contributed by atoms with Gasteiger partial charge in [0.25, 0.3) is 0 Å². The number of nitrogens with zero attached hydrogens (tertiary/aromatic N) is 1. The van der Waals surface area contributed by atoms with Crippen LogP contribution in [-0.4, -0.2) is 50.8 Å². The van der Waals surface area contributed by atoms with Crippen LogP contribution < -0.4 is 10.6 Å². The van der Waals surface area contributed by atoms with Crippen LogP contribution in [0.3, 0.4) is 0 Å². The van der Waals surface area contributed by atoms with Crippen LogP contribution in [0.5, 0.6) is 0 Å². The van der Waals surface area contributed by atoms with Gasteiger partial charge in [0.1, 0.15) is 0 Å². The summed E-state index contributed by atoms with van der Waals surface area (Å²) in [7, 11) is 0. The summed E-state index contributed by atoms with van der Waals surface area (Å²) in [6, 6.07) is 0. The van der Waals surface area contributed by atoms with E-state index >= 15 is 0 Å². The highest BCUT2D eigenvalue weighted by atomic mass is 127. The lowest BCUT2D eigenvalue weighted by atomic mass is 10.3. The maximum Gasteiger partial charge on any atom is 0.191 e. The molecule has 0 aromatic heterocycles. The zero-order valence-corrected chi connectivity index (χ0v) is 16.4. The number of halogens is 1. The van der Waals surface area contributed by atoms with Gasteiger partial charge in [-0.15, -0.1) is 24.0 Å². The van der Waals surface area contributed by atoms with Gasteiger partial charge < -0.3 is 15.4 Å². The van der Waals surface area contributed by atoms with Crippen molar-refractivity contribution in [2.75, 3.05) is 44.9 Å². The Morgan fingerprint density at radius 1 is 1.10 bits per heavy atom. The minimum atomic E-state index is 0. The Morgan fingerprint density at radius 2 is 1.90 bits per heavy atom. The molecular formula is C14H32IN3OS. The average Bonchev–Trinajstić information content (AvgIpc) is 2.42. The molecule has 0 aliphatic rings. The Morgan fingerprint density at radius 3 is 2.55 bits per heavy atom. The molecule has 0 amide bonds. The molecule has 0 aromatic rings. The predicted octanol–water partition coefficient (Wildman–Crippen LogP) is 3.12. The van der Waals surface area contributed by atoms with Crippen molar-refractivity contribution < 1.29 is 4.74 Å². The number of guanidine groups is 1. The number of rotatable bonds is 12. The molecule has 122 valence electrons. The van der Waals surface area contributed by atoms with Crippen molar-refractivity contribution in [3.63, 3.8) is 0 Å². The maximum absolute atomic E-state index is 5.51. The van der Waals surface area contributed by atoms with E-state index in [0.29, 0.717) is 0 Å². The SMILES string of the molecule is CCCCOCCNC(=NCCCCSC)NCC.I. The molecule has 20 heavy (non-hydrogen) atoms. The quantitative estimate of drug-likeness (QED) is 0.222. The number of hydrogen-bond acceptors (Lipinski definition) is 3. The van der Waals surface area contributed by atoms with E-state index < -0.39 is 0 Å². The van der Waals surface area contributed by atoms with E-state index in [0.717, 1.165) is 51.6 Å². The predicted molar refractivity (Wildman–Crippen MR) is 103 cm³/mol. The zero-order valence-electron chi connectivity index (χ0n) is 13.2. The molecule has 4 nitrogen and oxygen atoms in total. The van der Waals surface area contributed by atoms with Gasteiger partial charge in [0.15, 0.2) is 5.96 Å². The second-order valence-corrected chi connectivity index (χ2v) is 5.34. The molecule has 0 unspecified atom stereocenters. The third-order valence-corrected chi connectivity index (χ3v) is 3.25. The molecule has 2 N–H and O–H groups in total. The number of unbranched alkanes of at least 4 members (excludes halogenated alkanes) is 2. The summed E-state index contributed by atoms with van der Waals surface area (Å²) in [5.41, 5.74) is 0. The lowest BCUT2D eigenvalue weighted by Crippen LogP contribution is -2.39. The van der Waals surface area contributed by atoms with Crippen LogP contribution in [0.25, 0.3) is 0 Å². The smallest absolute Gasteiger partial charge is 0.191 e. The Labute approximate surface area is 146 Å².